The van der Waals surface area contributed by atoms with Crippen LogP contribution < -0.4 is 0 Å². The van der Waals surface area contributed by atoms with Crippen molar-refractivity contribution in [2.24, 2.45) is 0 Å². The molecule has 0 aliphatic rings. The van der Waals surface area contributed by atoms with E-state index in [-0.39, 0.29) is 5.78 Å². The van der Waals surface area contributed by atoms with Crippen LogP contribution >= 0.6 is 27.3 Å². The Morgan fingerprint density at radius 2 is 2.50 bits per heavy atom. The minimum absolute atomic E-state index is 0.142. The van der Waals surface area contributed by atoms with Gasteiger partial charge in [0.1, 0.15) is 0 Å². The minimum atomic E-state index is 0.142. The molecule has 54 valence electrons. The van der Waals surface area contributed by atoms with Gasteiger partial charge in [0, 0.05) is 21.2 Å². The lowest BCUT2D eigenvalue weighted by atomic mass is 10.2. The second-order valence-corrected chi connectivity index (χ2v) is 3.55. The Morgan fingerprint density at radius 3 is 2.80 bits per heavy atom. The Labute approximate surface area is 72.2 Å². The van der Waals surface area contributed by atoms with E-state index in [0.29, 0.717) is 0 Å². The molecule has 0 saturated heterocycles. The van der Waals surface area contributed by atoms with E-state index < -0.39 is 0 Å². The summed E-state index contributed by atoms with van der Waals surface area (Å²) in [5, 5.41) is 2.73. The van der Waals surface area contributed by atoms with Crippen LogP contribution in [0, 0.1) is 0 Å². The van der Waals surface area contributed by atoms with E-state index in [4.69, 9.17) is 0 Å². The number of Topliss-reactive ketones (excluding diaryl/α,β-unsaturated/α-hetero) is 1. The molecule has 1 aromatic heterocycles. The van der Waals surface area contributed by atoms with Gasteiger partial charge in [-0.1, -0.05) is 15.9 Å². The first-order valence-corrected chi connectivity index (χ1v) is 4.88. The van der Waals surface area contributed by atoms with E-state index in [2.05, 4.69) is 15.9 Å². The van der Waals surface area contributed by atoms with Crippen molar-refractivity contribution in [3.63, 3.8) is 0 Å². The van der Waals surface area contributed by atoms with Crippen LogP contribution in [0.2, 0.25) is 0 Å². The summed E-state index contributed by atoms with van der Waals surface area (Å²) in [6, 6.07) is 1.92. The third-order valence-electron chi connectivity index (χ3n) is 1.19. The van der Waals surface area contributed by atoms with Crippen LogP contribution in [-0.4, -0.2) is 5.78 Å². The summed E-state index contributed by atoms with van der Waals surface area (Å²) in [6.07, 6.45) is 0. The van der Waals surface area contributed by atoms with Gasteiger partial charge in [0.2, 0.25) is 0 Å². The largest absolute Gasteiger partial charge is 0.294 e. The average molecular weight is 219 g/mol. The van der Waals surface area contributed by atoms with E-state index in [1.807, 2.05) is 11.4 Å². The van der Waals surface area contributed by atoms with Gasteiger partial charge in [0.25, 0.3) is 0 Å². The molecule has 1 rings (SSSR count). The Hall–Kier alpha value is -0.150. The number of hydrogen-bond acceptors (Lipinski definition) is 2. The number of hydrogen-bond donors (Lipinski definition) is 0. The fraction of sp³-hybridized carbons (Fsp3) is 0.286. The molecule has 0 aliphatic heterocycles. The van der Waals surface area contributed by atoms with Crippen LogP contribution in [0.3, 0.4) is 0 Å². The van der Waals surface area contributed by atoms with Crippen molar-refractivity contribution in [2.45, 2.75) is 12.3 Å². The van der Waals surface area contributed by atoms with Gasteiger partial charge in [-0.2, -0.15) is 0 Å². The monoisotopic (exact) mass is 218 g/mol. The highest BCUT2D eigenvalue weighted by Crippen LogP contribution is 2.17. The van der Waals surface area contributed by atoms with Gasteiger partial charge in [0.15, 0.2) is 5.78 Å². The standard InChI is InChI=1S/C7H7BrOS/c1-5(9)6-2-7(3-8)10-4-6/h2,4H,3H2,1H3. The van der Waals surface area contributed by atoms with Gasteiger partial charge >= 0.3 is 0 Å². The van der Waals surface area contributed by atoms with Crippen LogP contribution in [0.15, 0.2) is 11.4 Å². The molecule has 1 aromatic rings. The number of alkyl halides is 1. The Kier molecular flexibility index (Phi) is 2.63. The predicted molar refractivity (Wildman–Crippen MR) is 47.0 cm³/mol. The second kappa shape index (κ2) is 3.30. The summed E-state index contributed by atoms with van der Waals surface area (Å²) in [6.45, 7) is 1.58. The highest BCUT2D eigenvalue weighted by Gasteiger charge is 2.01. The minimum Gasteiger partial charge on any atom is -0.294 e. The molecule has 1 nitrogen and oxygen atoms in total. The molecule has 0 aromatic carbocycles. The number of carbonyl (C=O) groups excluding carboxylic acids is 1. The highest BCUT2D eigenvalue weighted by molar-refractivity contribution is 9.08. The summed E-state index contributed by atoms with van der Waals surface area (Å²) in [7, 11) is 0. The molecule has 0 aliphatic carbocycles. The number of halogens is 1. The van der Waals surface area contributed by atoms with Crippen molar-refractivity contribution < 1.29 is 4.79 Å². The van der Waals surface area contributed by atoms with Gasteiger partial charge in [0.05, 0.1) is 0 Å². The first-order chi connectivity index (χ1) is 4.74. The molecule has 0 unspecified atom stereocenters. The Balaban J connectivity index is 2.88. The topological polar surface area (TPSA) is 17.1 Å². The first-order valence-electron chi connectivity index (χ1n) is 2.88. The molecule has 0 atom stereocenters. The quantitative estimate of drug-likeness (QED) is 0.552. The van der Waals surface area contributed by atoms with Crippen molar-refractivity contribution in [2.75, 3.05) is 0 Å². The van der Waals surface area contributed by atoms with Crippen molar-refractivity contribution in [3.8, 4) is 0 Å². The molecule has 0 spiro atoms. The summed E-state index contributed by atoms with van der Waals surface area (Å²) >= 11 is 4.93. The molecule has 3 heteroatoms. The molecule has 0 saturated carbocycles. The van der Waals surface area contributed by atoms with Crippen molar-refractivity contribution in [1.82, 2.24) is 0 Å². The number of ketones is 1. The smallest absolute Gasteiger partial charge is 0.160 e. The summed E-state index contributed by atoms with van der Waals surface area (Å²) in [5.74, 6) is 0.142. The van der Waals surface area contributed by atoms with Crippen molar-refractivity contribution >= 4 is 33.0 Å². The van der Waals surface area contributed by atoms with Crippen LogP contribution in [0.1, 0.15) is 22.2 Å². The maximum absolute atomic E-state index is 10.8. The third-order valence-corrected chi connectivity index (χ3v) is 3.10. The number of rotatable bonds is 2. The van der Waals surface area contributed by atoms with Gasteiger partial charge in [-0.3, -0.25) is 4.79 Å². The van der Waals surface area contributed by atoms with Crippen LogP contribution in [0.25, 0.3) is 0 Å². The fourth-order valence-corrected chi connectivity index (χ4v) is 1.96. The molecular weight excluding hydrogens is 212 g/mol. The van der Waals surface area contributed by atoms with Gasteiger partial charge < -0.3 is 0 Å². The Bertz CT molecular complexity index is 242. The molecule has 0 bridgehead atoms. The average Bonchev–Trinajstić information content (AvgIpc) is 2.34. The van der Waals surface area contributed by atoms with E-state index in [9.17, 15) is 4.79 Å². The molecule has 0 radical (unpaired) electrons. The molecule has 0 fully saturated rings. The van der Waals surface area contributed by atoms with E-state index in [1.165, 1.54) is 4.88 Å². The number of thiophene rings is 1. The zero-order valence-corrected chi connectivity index (χ0v) is 7.96. The second-order valence-electron chi connectivity index (χ2n) is 1.99. The molecule has 0 amide bonds. The van der Waals surface area contributed by atoms with Crippen molar-refractivity contribution in [3.05, 3.63) is 21.9 Å². The van der Waals surface area contributed by atoms with Crippen LogP contribution in [0.5, 0.6) is 0 Å². The fourth-order valence-electron chi connectivity index (χ4n) is 0.635. The lowest BCUT2D eigenvalue weighted by Crippen LogP contribution is -1.85. The predicted octanol–water partition coefficient (Wildman–Crippen LogP) is 2.85. The lowest BCUT2D eigenvalue weighted by Gasteiger charge is -1.82. The molecule has 10 heavy (non-hydrogen) atoms. The molecular formula is C7H7BrOS. The van der Waals surface area contributed by atoms with Gasteiger partial charge in [-0.05, 0) is 13.0 Å². The van der Waals surface area contributed by atoms with Crippen molar-refractivity contribution in [1.29, 1.82) is 0 Å². The third kappa shape index (κ3) is 1.67. The van der Waals surface area contributed by atoms with E-state index in [1.54, 1.807) is 18.3 Å². The zero-order valence-electron chi connectivity index (χ0n) is 5.56. The van der Waals surface area contributed by atoms with E-state index >= 15 is 0 Å². The first kappa shape index (κ1) is 7.95. The number of carbonyl (C=O) groups is 1. The van der Waals surface area contributed by atoms with E-state index in [0.717, 1.165) is 10.9 Å². The maximum atomic E-state index is 10.8. The van der Waals surface area contributed by atoms with Gasteiger partial charge in [-0.25, -0.2) is 0 Å². The molecule has 0 N–H and O–H groups in total. The van der Waals surface area contributed by atoms with Crippen LogP contribution in [0.4, 0.5) is 0 Å². The Morgan fingerprint density at radius 1 is 1.80 bits per heavy atom. The van der Waals surface area contributed by atoms with Gasteiger partial charge in [-0.15, -0.1) is 11.3 Å². The normalized spacial score (nSPS) is 9.80. The lowest BCUT2D eigenvalue weighted by molar-refractivity contribution is 0.101. The maximum Gasteiger partial charge on any atom is 0.160 e. The zero-order chi connectivity index (χ0) is 7.56. The molecule has 1 heterocycles. The highest BCUT2D eigenvalue weighted by atomic mass is 79.9. The van der Waals surface area contributed by atoms with Crippen LogP contribution in [-0.2, 0) is 5.33 Å². The summed E-state index contributed by atoms with van der Waals surface area (Å²) in [4.78, 5) is 12.0. The summed E-state index contributed by atoms with van der Waals surface area (Å²) < 4.78 is 0. The summed E-state index contributed by atoms with van der Waals surface area (Å²) in [5.41, 5.74) is 0.819. The SMILES string of the molecule is CC(=O)c1csc(CBr)c1.